The fourth-order valence-electron chi connectivity index (χ4n) is 8.51. The summed E-state index contributed by atoms with van der Waals surface area (Å²) in [6, 6.07) is 19.3. The Kier molecular flexibility index (Phi) is 14.5. The molecule has 0 spiro atoms. The lowest BCUT2D eigenvalue weighted by Crippen LogP contribution is -2.54. The third-order valence-corrected chi connectivity index (χ3v) is 13.0. The zero-order chi connectivity index (χ0) is 45.9. The van der Waals surface area contributed by atoms with Crippen molar-refractivity contribution in [2.24, 2.45) is 17.8 Å². The fourth-order valence-corrected chi connectivity index (χ4v) is 9.70. The smallest absolute Gasteiger partial charge is 0.407 e. The molecule has 336 valence electrons. The minimum atomic E-state index is -0.841. The molecule has 3 aromatic carbocycles. The first kappa shape index (κ1) is 47.0. The number of nitrogens with zero attached hydrogens (tertiary/aromatic N) is 3. The fraction of sp³-hybridized carbons (Fsp3) is 0.449. The van der Waals surface area contributed by atoms with Gasteiger partial charge in [-0.15, -0.1) is 0 Å². The van der Waals surface area contributed by atoms with Crippen molar-refractivity contribution in [1.82, 2.24) is 19.7 Å². The van der Waals surface area contributed by atoms with E-state index in [1.54, 1.807) is 17.0 Å². The first-order chi connectivity index (χ1) is 29.8. The number of amides is 5. The first-order valence-electron chi connectivity index (χ1n) is 21.8. The Morgan fingerprint density at radius 2 is 1.17 bits per heavy atom. The largest absolute Gasteiger partial charge is 0.453 e. The number of likely N-dealkylation sites (tertiary alicyclic amines) is 2. The number of ether oxygens (including phenoxy) is 1. The normalized spacial score (nSPS) is 17.5. The lowest BCUT2D eigenvalue weighted by atomic mass is 9.85. The van der Waals surface area contributed by atoms with E-state index in [-0.39, 0.29) is 52.6 Å². The van der Waals surface area contributed by atoms with Crippen LogP contribution in [0.2, 0.25) is 0 Å². The molecule has 0 bridgehead atoms. The molecule has 4 aromatic rings. The van der Waals surface area contributed by atoms with Crippen LogP contribution in [0.5, 0.6) is 0 Å². The minimum absolute atomic E-state index is 0.00594. The molecule has 0 aliphatic carbocycles. The Balaban J connectivity index is 1.31. The summed E-state index contributed by atoms with van der Waals surface area (Å²) in [5.41, 5.74) is 5.85. The molecule has 1 aromatic heterocycles. The molecular weight excluding hydrogens is 867 g/mol. The van der Waals surface area contributed by atoms with Crippen molar-refractivity contribution in [1.29, 1.82) is 0 Å². The van der Waals surface area contributed by atoms with E-state index in [0.717, 1.165) is 44.7 Å². The number of aromatic nitrogens is 1. The van der Waals surface area contributed by atoms with Crippen molar-refractivity contribution in [2.45, 2.75) is 105 Å². The van der Waals surface area contributed by atoms with Crippen LogP contribution in [0.3, 0.4) is 0 Å². The first-order valence-corrected chi connectivity index (χ1v) is 22.6. The summed E-state index contributed by atoms with van der Waals surface area (Å²) in [7, 11) is 1.24. The lowest BCUT2D eigenvalue weighted by molar-refractivity contribution is -0.140. The van der Waals surface area contributed by atoms with Gasteiger partial charge >= 0.3 is 6.09 Å². The third-order valence-electron chi connectivity index (χ3n) is 12.3. The summed E-state index contributed by atoms with van der Waals surface area (Å²) in [4.78, 5) is 69.5. The highest BCUT2D eigenvalue weighted by Crippen LogP contribution is 2.48. The Morgan fingerprint density at radius 3 is 1.62 bits per heavy atom. The molecule has 63 heavy (non-hydrogen) atoms. The van der Waals surface area contributed by atoms with Crippen LogP contribution in [0, 0.1) is 23.6 Å². The predicted octanol–water partition coefficient (Wildman–Crippen LogP) is 9.54. The Hall–Kier alpha value is -5.50. The standard InChI is InChI=1S/C49H60BrFN6O6/c1-28(2)30(5)46(60)55-26-10-12-37(55)44(58)52-34-20-14-31(15-21-34)42-39(49(6,7)8)40(50)43(57(42)36-24-18-33(51)19-25-36)32-16-22-35(23-17-32)53-45(59)38-13-11-27-56(38)47(61)41(29(3)4)54-48(62)63-9/h14-25,28-30,37-38,41H,10-13,26-27H2,1-9H3,(H,52,58)(H,53,59)(H,54,62)/t30-,37-,38-,41-/m0/s1. The molecule has 14 heteroatoms. The maximum atomic E-state index is 14.4. The number of carbonyl (C=O) groups excluding carboxylic acids is 5. The highest BCUT2D eigenvalue weighted by molar-refractivity contribution is 9.10. The molecule has 2 fully saturated rings. The number of methoxy groups -OCH3 is 1. The summed E-state index contributed by atoms with van der Waals surface area (Å²) in [5.74, 6) is -1.45. The molecule has 5 amide bonds. The molecule has 0 radical (unpaired) electrons. The average Bonchev–Trinajstić information content (AvgIpc) is 4.01. The van der Waals surface area contributed by atoms with E-state index in [9.17, 15) is 28.4 Å². The third kappa shape index (κ3) is 10.2. The molecule has 12 nitrogen and oxygen atoms in total. The van der Waals surface area contributed by atoms with Crippen LogP contribution in [0.4, 0.5) is 20.6 Å². The van der Waals surface area contributed by atoms with E-state index in [2.05, 4.69) is 57.2 Å². The van der Waals surface area contributed by atoms with Crippen LogP contribution in [-0.4, -0.2) is 82.4 Å². The number of nitrogens with one attached hydrogen (secondary N) is 3. The summed E-state index contributed by atoms with van der Waals surface area (Å²) in [5, 5.41) is 8.68. The second-order valence-electron chi connectivity index (χ2n) is 18.4. The van der Waals surface area contributed by atoms with Gasteiger partial charge in [-0.1, -0.05) is 79.7 Å². The number of carbonyl (C=O) groups is 5. The van der Waals surface area contributed by atoms with Crippen molar-refractivity contribution in [3.63, 3.8) is 0 Å². The zero-order valence-electron chi connectivity index (χ0n) is 37.7. The van der Waals surface area contributed by atoms with Crippen LogP contribution >= 0.6 is 15.9 Å². The Labute approximate surface area is 378 Å². The van der Waals surface area contributed by atoms with E-state index in [1.807, 2.05) is 83.1 Å². The van der Waals surface area contributed by atoms with Crippen LogP contribution in [0.15, 0.2) is 77.3 Å². The van der Waals surface area contributed by atoms with Crippen LogP contribution in [0.25, 0.3) is 28.2 Å². The molecule has 6 rings (SSSR count). The number of benzene rings is 3. The second-order valence-corrected chi connectivity index (χ2v) is 19.1. The van der Waals surface area contributed by atoms with Gasteiger partial charge < -0.3 is 35.1 Å². The van der Waals surface area contributed by atoms with E-state index in [4.69, 9.17) is 4.74 Å². The Morgan fingerprint density at radius 1 is 0.698 bits per heavy atom. The van der Waals surface area contributed by atoms with Gasteiger partial charge in [-0.05, 0) is 124 Å². The van der Waals surface area contributed by atoms with Gasteiger partial charge in [0.15, 0.2) is 0 Å². The lowest BCUT2D eigenvalue weighted by Gasteiger charge is -2.30. The average molecular weight is 928 g/mol. The number of rotatable bonds is 12. The van der Waals surface area contributed by atoms with E-state index < -0.39 is 24.2 Å². The molecule has 4 atom stereocenters. The van der Waals surface area contributed by atoms with Gasteiger partial charge in [0.1, 0.15) is 23.9 Å². The predicted molar refractivity (Wildman–Crippen MR) is 248 cm³/mol. The molecule has 2 aliphatic heterocycles. The summed E-state index contributed by atoms with van der Waals surface area (Å²) in [6.45, 7) is 16.9. The van der Waals surface area contributed by atoms with E-state index in [0.29, 0.717) is 43.7 Å². The quantitative estimate of drug-likeness (QED) is 0.129. The van der Waals surface area contributed by atoms with Crippen LogP contribution in [-0.2, 0) is 29.3 Å². The summed E-state index contributed by atoms with van der Waals surface area (Å²) in [6.07, 6.45) is 1.81. The van der Waals surface area contributed by atoms with Gasteiger partial charge in [0.25, 0.3) is 0 Å². The summed E-state index contributed by atoms with van der Waals surface area (Å²) < 4.78 is 22.1. The van der Waals surface area contributed by atoms with E-state index >= 15 is 0 Å². The molecular formula is C49H60BrFN6O6. The van der Waals surface area contributed by atoms with Gasteiger partial charge in [-0.3, -0.25) is 19.2 Å². The molecule has 2 aliphatic rings. The van der Waals surface area contributed by atoms with Gasteiger partial charge in [0.2, 0.25) is 23.6 Å². The molecule has 0 unspecified atom stereocenters. The van der Waals surface area contributed by atoms with Gasteiger partial charge in [0, 0.05) is 40.5 Å². The highest BCUT2D eigenvalue weighted by atomic mass is 79.9. The maximum Gasteiger partial charge on any atom is 0.407 e. The zero-order valence-corrected chi connectivity index (χ0v) is 39.3. The van der Waals surface area contributed by atoms with Gasteiger partial charge in [0.05, 0.1) is 18.5 Å². The van der Waals surface area contributed by atoms with Gasteiger partial charge in [-0.25, -0.2) is 9.18 Å². The highest BCUT2D eigenvalue weighted by Gasteiger charge is 2.40. The minimum Gasteiger partial charge on any atom is -0.453 e. The maximum absolute atomic E-state index is 14.4. The second kappa shape index (κ2) is 19.5. The monoisotopic (exact) mass is 926 g/mol. The van der Waals surface area contributed by atoms with Crippen molar-refractivity contribution >= 4 is 57.0 Å². The van der Waals surface area contributed by atoms with E-state index in [1.165, 1.54) is 24.1 Å². The molecule has 0 saturated carbocycles. The number of hydrogen-bond donors (Lipinski definition) is 3. The van der Waals surface area contributed by atoms with Gasteiger partial charge in [-0.2, -0.15) is 0 Å². The molecule has 3 N–H and O–H groups in total. The van der Waals surface area contributed by atoms with Crippen molar-refractivity contribution in [3.05, 3.63) is 88.6 Å². The Bertz CT molecular complexity index is 2320. The number of hydrogen-bond acceptors (Lipinski definition) is 6. The molecule has 3 heterocycles. The van der Waals surface area contributed by atoms with Crippen LogP contribution in [0.1, 0.15) is 86.6 Å². The van der Waals surface area contributed by atoms with Crippen molar-refractivity contribution in [3.8, 4) is 28.2 Å². The SMILES string of the molecule is COC(=O)N[C@H](C(=O)N1CCC[C@H]1C(=O)Nc1ccc(-c2c(Br)c(C(C)(C)C)c(-c3ccc(NC(=O)[C@@H]4CCCN4C(=O)[C@@H](C)C(C)C)cc3)n2-c2ccc(F)cc2)cc1)C(C)C. The molecule has 2 saturated heterocycles. The number of alkyl carbamates (subject to hydrolysis) is 1. The van der Waals surface area contributed by atoms with Crippen molar-refractivity contribution < 1.29 is 33.1 Å². The topological polar surface area (TPSA) is 142 Å². The van der Waals surface area contributed by atoms with Crippen molar-refractivity contribution in [2.75, 3.05) is 30.8 Å². The number of halogens is 2. The number of anilines is 2. The summed E-state index contributed by atoms with van der Waals surface area (Å²) >= 11 is 3.99. The van der Waals surface area contributed by atoms with Crippen LogP contribution < -0.4 is 16.0 Å².